The molecule has 0 aromatic carbocycles. The summed E-state index contributed by atoms with van der Waals surface area (Å²) in [5.74, 6) is 0. The fourth-order valence-electron chi connectivity index (χ4n) is 4.30. The van der Waals surface area contributed by atoms with E-state index in [2.05, 4.69) is 26.1 Å². The van der Waals surface area contributed by atoms with Gasteiger partial charge >= 0.3 is 12.2 Å². The summed E-state index contributed by atoms with van der Waals surface area (Å²) in [6, 6.07) is 1.74. The molecule has 3 heterocycles. The van der Waals surface area contributed by atoms with Crippen molar-refractivity contribution >= 4 is 29.2 Å². The lowest BCUT2D eigenvalue weighted by Crippen LogP contribution is -2.62. The highest BCUT2D eigenvalue weighted by molar-refractivity contribution is 7.08. The number of ether oxygens (including phenoxy) is 1. The van der Waals surface area contributed by atoms with Crippen molar-refractivity contribution in [2.45, 2.75) is 64.1 Å². The van der Waals surface area contributed by atoms with Gasteiger partial charge in [0.15, 0.2) is 0 Å². The summed E-state index contributed by atoms with van der Waals surface area (Å²) < 4.78 is 5.63. The standard InChI is InChI=1S/C17H24N2O4S/c1-16(2,3)17-6-4-12(19(17)15(21)22)8-13(9-17)23-14(20)18-11-5-7-24-10-11/h5,7,10,12-13H,4,6,8-9H2,1-3H3,(H,18,20)(H,21,22). The third-order valence-corrected chi connectivity index (χ3v) is 6.14. The second kappa shape index (κ2) is 5.95. The first-order valence-electron chi connectivity index (χ1n) is 8.25. The zero-order valence-electron chi connectivity index (χ0n) is 14.2. The number of carbonyl (C=O) groups is 2. The lowest BCUT2D eigenvalue weighted by molar-refractivity contribution is -0.0605. The van der Waals surface area contributed by atoms with Crippen LogP contribution >= 0.6 is 11.3 Å². The van der Waals surface area contributed by atoms with Crippen molar-refractivity contribution in [3.05, 3.63) is 16.8 Å². The maximum absolute atomic E-state index is 12.1. The summed E-state index contributed by atoms with van der Waals surface area (Å²) in [5.41, 5.74) is 0.0302. The van der Waals surface area contributed by atoms with Gasteiger partial charge < -0.3 is 9.84 Å². The molecule has 2 N–H and O–H groups in total. The first-order valence-corrected chi connectivity index (χ1v) is 9.19. The summed E-state index contributed by atoms with van der Waals surface area (Å²) in [7, 11) is 0. The quantitative estimate of drug-likeness (QED) is 0.827. The van der Waals surface area contributed by atoms with Gasteiger partial charge in [0.05, 0.1) is 11.2 Å². The molecule has 2 saturated heterocycles. The fourth-order valence-corrected chi connectivity index (χ4v) is 4.89. The zero-order chi connectivity index (χ0) is 17.5. The summed E-state index contributed by atoms with van der Waals surface area (Å²) in [5, 5.41) is 16.1. The highest BCUT2D eigenvalue weighted by Gasteiger charge is 2.60. The van der Waals surface area contributed by atoms with Gasteiger partial charge in [-0.2, -0.15) is 11.3 Å². The van der Waals surface area contributed by atoms with E-state index in [1.165, 1.54) is 11.3 Å². The van der Waals surface area contributed by atoms with Crippen molar-refractivity contribution in [1.82, 2.24) is 4.90 Å². The number of amides is 2. The number of hydrogen-bond donors (Lipinski definition) is 2. The van der Waals surface area contributed by atoms with E-state index in [9.17, 15) is 14.7 Å². The third-order valence-electron chi connectivity index (χ3n) is 5.46. The Morgan fingerprint density at radius 2 is 2.21 bits per heavy atom. The molecule has 0 saturated carbocycles. The van der Waals surface area contributed by atoms with Crippen molar-refractivity contribution in [1.29, 1.82) is 0 Å². The number of nitrogens with one attached hydrogen (secondary N) is 1. The molecule has 0 aliphatic carbocycles. The summed E-state index contributed by atoms with van der Waals surface area (Å²) in [6.07, 6.45) is 1.18. The maximum Gasteiger partial charge on any atom is 0.411 e. The van der Waals surface area contributed by atoms with E-state index >= 15 is 0 Å². The molecule has 2 fully saturated rings. The van der Waals surface area contributed by atoms with Gasteiger partial charge in [0.2, 0.25) is 0 Å². The Morgan fingerprint density at radius 3 is 2.79 bits per heavy atom. The van der Waals surface area contributed by atoms with Crippen molar-refractivity contribution in [2.75, 3.05) is 5.32 Å². The average Bonchev–Trinajstić information content (AvgIpc) is 3.03. The van der Waals surface area contributed by atoms with Gasteiger partial charge in [-0.3, -0.25) is 10.2 Å². The lowest BCUT2D eigenvalue weighted by Gasteiger charge is -2.52. The van der Waals surface area contributed by atoms with Crippen LogP contribution in [0.5, 0.6) is 0 Å². The SMILES string of the molecule is CC(C)(C)C12CCC(CC(OC(=O)Nc3ccsc3)C1)N2C(=O)O. The molecular formula is C17H24N2O4S. The monoisotopic (exact) mass is 352 g/mol. The van der Waals surface area contributed by atoms with E-state index in [4.69, 9.17) is 4.74 Å². The molecule has 2 bridgehead atoms. The van der Waals surface area contributed by atoms with Gasteiger partial charge in [0.1, 0.15) is 6.10 Å². The first kappa shape index (κ1) is 17.1. The van der Waals surface area contributed by atoms with Crippen LogP contribution in [0.4, 0.5) is 15.3 Å². The van der Waals surface area contributed by atoms with E-state index in [1.807, 2.05) is 16.8 Å². The van der Waals surface area contributed by atoms with Crippen LogP contribution in [0.3, 0.4) is 0 Å². The van der Waals surface area contributed by atoms with Crippen molar-refractivity contribution < 1.29 is 19.4 Å². The minimum absolute atomic E-state index is 0.0746. The van der Waals surface area contributed by atoms with Crippen LogP contribution in [0.2, 0.25) is 0 Å². The van der Waals surface area contributed by atoms with Gasteiger partial charge in [0, 0.05) is 24.3 Å². The number of anilines is 1. The number of fused-ring (bicyclic) bond motifs is 2. The minimum Gasteiger partial charge on any atom is -0.465 e. The average molecular weight is 352 g/mol. The molecule has 3 unspecified atom stereocenters. The Kier molecular flexibility index (Phi) is 4.23. The molecule has 2 aliphatic rings. The highest BCUT2D eigenvalue weighted by atomic mass is 32.1. The number of carbonyl (C=O) groups excluding carboxylic acids is 1. The van der Waals surface area contributed by atoms with E-state index in [0.717, 1.165) is 18.5 Å². The Morgan fingerprint density at radius 1 is 1.46 bits per heavy atom. The van der Waals surface area contributed by atoms with E-state index in [1.54, 1.807) is 4.90 Å². The number of nitrogens with zero attached hydrogens (tertiary/aromatic N) is 1. The maximum atomic E-state index is 12.1. The molecular weight excluding hydrogens is 328 g/mol. The largest absolute Gasteiger partial charge is 0.465 e. The summed E-state index contributed by atoms with van der Waals surface area (Å²) in [4.78, 5) is 25.6. The van der Waals surface area contributed by atoms with E-state index in [0.29, 0.717) is 12.8 Å². The lowest BCUT2D eigenvalue weighted by atomic mass is 9.68. The zero-order valence-corrected chi connectivity index (χ0v) is 15.1. The van der Waals surface area contributed by atoms with Crippen LogP contribution in [-0.2, 0) is 4.74 Å². The van der Waals surface area contributed by atoms with Gasteiger partial charge in [-0.1, -0.05) is 20.8 Å². The molecule has 1 aromatic heterocycles. The summed E-state index contributed by atoms with van der Waals surface area (Å²) in [6.45, 7) is 6.21. The topological polar surface area (TPSA) is 78.9 Å². The molecule has 0 radical (unpaired) electrons. The molecule has 0 spiro atoms. The van der Waals surface area contributed by atoms with Crippen molar-refractivity contribution in [2.24, 2.45) is 5.41 Å². The van der Waals surface area contributed by atoms with Gasteiger partial charge in [-0.15, -0.1) is 0 Å². The molecule has 7 heteroatoms. The van der Waals surface area contributed by atoms with Gasteiger partial charge in [0.25, 0.3) is 0 Å². The van der Waals surface area contributed by atoms with E-state index < -0.39 is 17.7 Å². The van der Waals surface area contributed by atoms with Crippen LogP contribution in [-0.4, -0.2) is 39.9 Å². The normalized spacial score (nSPS) is 29.4. The van der Waals surface area contributed by atoms with Crippen LogP contribution in [0.15, 0.2) is 16.8 Å². The molecule has 3 rings (SSSR count). The Hall–Kier alpha value is -1.76. The molecule has 2 amide bonds. The number of thiophene rings is 1. The minimum atomic E-state index is -0.867. The predicted octanol–water partition coefficient (Wildman–Crippen LogP) is 4.39. The molecule has 2 aliphatic heterocycles. The number of carboxylic acid groups (broad SMARTS) is 1. The second-order valence-electron chi connectivity index (χ2n) is 7.73. The highest BCUT2D eigenvalue weighted by Crippen LogP contribution is 2.53. The van der Waals surface area contributed by atoms with Crippen molar-refractivity contribution in [3.63, 3.8) is 0 Å². The van der Waals surface area contributed by atoms with Crippen LogP contribution in [0.1, 0.15) is 46.5 Å². The number of piperidine rings is 1. The smallest absolute Gasteiger partial charge is 0.411 e. The van der Waals surface area contributed by atoms with Crippen LogP contribution in [0.25, 0.3) is 0 Å². The molecule has 24 heavy (non-hydrogen) atoms. The second-order valence-corrected chi connectivity index (χ2v) is 8.51. The Labute approximate surface area is 145 Å². The van der Waals surface area contributed by atoms with Crippen LogP contribution in [0, 0.1) is 5.41 Å². The predicted molar refractivity (Wildman–Crippen MR) is 92.5 cm³/mol. The third kappa shape index (κ3) is 2.85. The molecule has 132 valence electrons. The fraction of sp³-hybridized carbons (Fsp3) is 0.647. The van der Waals surface area contributed by atoms with Gasteiger partial charge in [-0.05, 0) is 29.7 Å². The Balaban J connectivity index is 1.74. The number of rotatable bonds is 2. The Bertz CT molecular complexity index is 625. The molecule has 3 atom stereocenters. The molecule has 1 aromatic rings. The van der Waals surface area contributed by atoms with Crippen molar-refractivity contribution in [3.8, 4) is 0 Å². The van der Waals surface area contributed by atoms with Gasteiger partial charge in [-0.25, -0.2) is 9.59 Å². The van der Waals surface area contributed by atoms with E-state index in [-0.39, 0.29) is 17.6 Å². The van der Waals surface area contributed by atoms with Crippen LogP contribution < -0.4 is 5.32 Å². The molecule has 6 nitrogen and oxygen atoms in total. The first-order chi connectivity index (χ1) is 11.2. The number of hydrogen-bond acceptors (Lipinski definition) is 4. The summed E-state index contributed by atoms with van der Waals surface area (Å²) >= 11 is 1.50.